The number of nitrogens with zero attached hydrogens (tertiary/aromatic N) is 2. The van der Waals surface area contributed by atoms with Gasteiger partial charge in [-0.15, -0.1) is 11.3 Å². The molecule has 5 heteroatoms. The number of fused-ring (bicyclic) bond motifs is 1. The summed E-state index contributed by atoms with van der Waals surface area (Å²) in [6.07, 6.45) is 4.09. The molecule has 1 unspecified atom stereocenters. The quantitative estimate of drug-likeness (QED) is 0.759. The predicted octanol–water partition coefficient (Wildman–Crippen LogP) is 3.26. The van der Waals surface area contributed by atoms with Crippen LogP contribution in [0.15, 0.2) is 42.0 Å². The maximum absolute atomic E-state index is 5.77. The molecular weight excluding hydrogens is 282 g/mol. The van der Waals surface area contributed by atoms with E-state index < -0.39 is 0 Å². The van der Waals surface area contributed by atoms with Gasteiger partial charge in [-0.05, 0) is 26.0 Å². The normalized spacial score (nSPS) is 12.7. The molecule has 21 heavy (non-hydrogen) atoms. The van der Waals surface area contributed by atoms with E-state index in [1.807, 2.05) is 23.7 Å². The smallest absolute Gasteiger partial charge is 0.193 e. The van der Waals surface area contributed by atoms with E-state index in [1.165, 1.54) is 5.56 Å². The van der Waals surface area contributed by atoms with Crippen LogP contribution in [0.2, 0.25) is 0 Å². The van der Waals surface area contributed by atoms with E-state index in [0.29, 0.717) is 6.61 Å². The third-order valence-corrected chi connectivity index (χ3v) is 4.07. The van der Waals surface area contributed by atoms with Crippen LogP contribution in [0.1, 0.15) is 18.2 Å². The molecule has 0 aliphatic rings. The van der Waals surface area contributed by atoms with E-state index in [2.05, 4.69) is 46.9 Å². The SMILES string of the molecule is Cc1ccc(OCC(C)NCc2cn3ccsc3n2)cc1. The molecule has 0 amide bonds. The highest BCUT2D eigenvalue weighted by Gasteiger charge is 2.06. The Morgan fingerprint density at radius 3 is 2.90 bits per heavy atom. The fraction of sp³-hybridized carbons (Fsp3) is 0.312. The molecule has 1 atom stereocenters. The van der Waals surface area contributed by atoms with Crippen molar-refractivity contribution < 1.29 is 4.74 Å². The second kappa shape index (κ2) is 6.28. The molecule has 110 valence electrons. The van der Waals surface area contributed by atoms with Gasteiger partial charge in [0.15, 0.2) is 4.96 Å². The maximum atomic E-state index is 5.77. The van der Waals surface area contributed by atoms with Crippen molar-refractivity contribution in [2.75, 3.05) is 6.61 Å². The molecule has 0 aliphatic heterocycles. The summed E-state index contributed by atoms with van der Waals surface area (Å²) in [6.45, 7) is 5.59. The molecule has 0 aliphatic carbocycles. The first-order valence-electron chi connectivity index (χ1n) is 7.04. The van der Waals surface area contributed by atoms with Gasteiger partial charge in [0, 0.05) is 30.4 Å². The second-order valence-electron chi connectivity index (χ2n) is 5.23. The zero-order chi connectivity index (χ0) is 14.7. The Balaban J connectivity index is 1.46. The number of hydrogen-bond acceptors (Lipinski definition) is 4. The summed E-state index contributed by atoms with van der Waals surface area (Å²) in [5, 5.41) is 5.47. The number of hydrogen-bond donors (Lipinski definition) is 1. The van der Waals surface area contributed by atoms with Crippen LogP contribution < -0.4 is 10.1 Å². The minimum Gasteiger partial charge on any atom is -0.492 e. The molecule has 0 spiro atoms. The average molecular weight is 301 g/mol. The van der Waals surface area contributed by atoms with E-state index in [-0.39, 0.29) is 6.04 Å². The number of imidazole rings is 1. The van der Waals surface area contributed by atoms with Crippen LogP contribution in [0.25, 0.3) is 4.96 Å². The third kappa shape index (κ3) is 3.62. The number of nitrogens with one attached hydrogen (secondary N) is 1. The van der Waals surface area contributed by atoms with Crippen molar-refractivity contribution in [2.24, 2.45) is 0 Å². The molecule has 2 aromatic heterocycles. The Kier molecular flexibility index (Phi) is 4.22. The van der Waals surface area contributed by atoms with Crippen molar-refractivity contribution >= 4 is 16.3 Å². The molecule has 3 rings (SSSR count). The number of aromatic nitrogens is 2. The molecule has 3 aromatic rings. The molecule has 4 nitrogen and oxygen atoms in total. The van der Waals surface area contributed by atoms with Crippen molar-refractivity contribution in [3.05, 3.63) is 53.3 Å². The number of aryl methyl sites for hydroxylation is 1. The number of rotatable bonds is 6. The Hall–Kier alpha value is -1.85. The van der Waals surface area contributed by atoms with Crippen molar-refractivity contribution in [1.82, 2.24) is 14.7 Å². The highest BCUT2D eigenvalue weighted by atomic mass is 32.1. The monoisotopic (exact) mass is 301 g/mol. The first kappa shape index (κ1) is 14.1. The second-order valence-corrected chi connectivity index (χ2v) is 6.10. The highest BCUT2D eigenvalue weighted by molar-refractivity contribution is 7.15. The van der Waals surface area contributed by atoms with Crippen molar-refractivity contribution in [2.45, 2.75) is 26.4 Å². The van der Waals surface area contributed by atoms with Crippen LogP contribution >= 0.6 is 11.3 Å². The number of ether oxygens (including phenoxy) is 1. The van der Waals surface area contributed by atoms with Crippen LogP contribution in [0.4, 0.5) is 0 Å². The zero-order valence-electron chi connectivity index (χ0n) is 12.2. The average Bonchev–Trinajstić information content (AvgIpc) is 3.05. The van der Waals surface area contributed by atoms with E-state index in [0.717, 1.165) is 22.9 Å². The van der Waals surface area contributed by atoms with Gasteiger partial charge in [-0.3, -0.25) is 4.40 Å². The molecule has 1 aromatic carbocycles. The van der Waals surface area contributed by atoms with Gasteiger partial charge in [-0.1, -0.05) is 17.7 Å². The zero-order valence-corrected chi connectivity index (χ0v) is 13.1. The summed E-state index contributed by atoms with van der Waals surface area (Å²) >= 11 is 1.65. The molecule has 1 N–H and O–H groups in total. The fourth-order valence-electron chi connectivity index (χ4n) is 2.05. The lowest BCUT2D eigenvalue weighted by molar-refractivity contribution is 0.272. The Bertz CT molecular complexity index is 673. The van der Waals surface area contributed by atoms with E-state index in [4.69, 9.17) is 4.74 Å². The Labute approximate surface area is 128 Å². The van der Waals surface area contributed by atoms with Crippen LogP contribution in [-0.2, 0) is 6.54 Å². The van der Waals surface area contributed by atoms with Gasteiger partial charge in [0.25, 0.3) is 0 Å². The largest absolute Gasteiger partial charge is 0.492 e. The Morgan fingerprint density at radius 2 is 2.14 bits per heavy atom. The van der Waals surface area contributed by atoms with Gasteiger partial charge >= 0.3 is 0 Å². The van der Waals surface area contributed by atoms with Crippen molar-refractivity contribution in [3.8, 4) is 5.75 Å². The summed E-state index contributed by atoms with van der Waals surface area (Å²) in [5.41, 5.74) is 2.30. The van der Waals surface area contributed by atoms with Gasteiger partial charge in [0.1, 0.15) is 12.4 Å². The topological polar surface area (TPSA) is 38.6 Å². The first-order chi connectivity index (χ1) is 10.2. The molecule has 0 bridgehead atoms. The fourth-order valence-corrected chi connectivity index (χ4v) is 2.77. The van der Waals surface area contributed by atoms with E-state index in [1.54, 1.807) is 11.3 Å². The van der Waals surface area contributed by atoms with Crippen molar-refractivity contribution in [1.29, 1.82) is 0 Å². The summed E-state index contributed by atoms with van der Waals surface area (Å²) in [6, 6.07) is 8.40. The van der Waals surface area contributed by atoms with Gasteiger partial charge in [-0.25, -0.2) is 4.98 Å². The third-order valence-electron chi connectivity index (χ3n) is 3.30. The van der Waals surface area contributed by atoms with Gasteiger partial charge in [0.2, 0.25) is 0 Å². The summed E-state index contributed by atoms with van der Waals surface area (Å²) in [5.74, 6) is 0.914. The lowest BCUT2D eigenvalue weighted by Gasteiger charge is -2.14. The molecule has 2 heterocycles. The number of benzene rings is 1. The summed E-state index contributed by atoms with van der Waals surface area (Å²) in [7, 11) is 0. The first-order valence-corrected chi connectivity index (χ1v) is 7.92. The van der Waals surface area contributed by atoms with Gasteiger partial charge in [-0.2, -0.15) is 0 Å². The van der Waals surface area contributed by atoms with Gasteiger partial charge in [0.05, 0.1) is 5.69 Å². The van der Waals surface area contributed by atoms with Crippen LogP contribution in [0.5, 0.6) is 5.75 Å². The van der Waals surface area contributed by atoms with Crippen LogP contribution in [0.3, 0.4) is 0 Å². The molecule has 0 saturated carbocycles. The maximum Gasteiger partial charge on any atom is 0.193 e. The summed E-state index contributed by atoms with van der Waals surface area (Å²) in [4.78, 5) is 5.59. The minimum atomic E-state index is 0.269. The lowest BCUT2D eigenvalue weighted by Crippen LogP contribution is -2.31. The van der Waals surface area contributed by atoms with E-state index in [9.17, 15) is 0 Å². The molecule has 0 saturated heterocycles. The van der Waals surface area contributed by atoms with Gasteiger partial charge < -0.3 is 10.1 Å². The molecular formula is C16H19N3OS. The standard InChI is InChI=1S/C16H19N3OS/c1-12-3-5-15(6-4-12)20-11-13(2)17-9-14-10-19-7-8-21-16(19)18-14/h3-8,10,13,17H,9,11H2,1-2H3. The molecule has 0 fully saturated rings. The predicted molar refractivity (Wildman–Crippen MR) is 86.0 cm³/mol. The van der Waals surface area contributed by atoms with E-state index >= 15 is 0 Å². The molecule has 0 radical (unpaired) electrons. The minimum absolute atomic E-state index is 0.269. The Morgan fingerprint density at radius 1 is 1.33 bits per heavy atom. The van der Waals surface area contributed by atoms with Crippen molar-refractivity contribution in [3.63, 3.8) is 0 Å². The number of thiazole rings is 1. The highest BCUT2D eigenvalue weighted by Crippen LogP contribution is 2.12. The van der Waals surface area contributed by atoms with Crippen LogP contribution in [0, 0.1) is 6.92 Å². The summed E-state index contributed by atoms with van der Waals surface area (Å²) < 4.78 is 7.82. The lowest BCUT2D eigenvalue weighted by atomic mass is 10.2. The van der Waals surface area contributed by atoms with Crippen LogP contribution in [-0.4, -0.2) is 22.0 Å².